The first-order valence-corrected chi connectivity index (χ1v) is 9.61. The Kier molecular flexibility index (Phi) is 4.79. The minimum absolute atomic E-state index is 0.0714. The van der Waals surface area contributed by atoms with Crippen LogP contribution in [0, 0.1) is 6.92 Å². The smallest absolute Gasteiger partial charge is 0.263 e. The van der Waals surface area contributed by atoms with Crippen LogP contribution in [-0.4, -0.2) is 22.4 Å². The monoisotopic (exact) mass is 390 g/mol. The summed E-state index contributed by atoms with van der Waals surface area (Å²) in [6.07, 6.45) is 1.45. The Morgan fingerprint density at radius 2 is 1.93 bits per heavy atom. The molecule has 0 radical (unpaired) electrons. The Hall–Kier alpha value is -3.25. The fourth-order valence-electron chi connectivity index (χ4n) is 3.25. The second-order valence-electron chi connectivity index (χ2n) is 6.41. The molecule has 0 aliphatic rings. The van der Waals surface area contributed by atoms with Crippen LogP contribution in [0.3, 0.4) is 0 Å². The number of Topliss-reactive ketones (excluding diaryl/α,β-unsaturated/α-hetero) is 1. The van der Waals surface area contributed by atoms with E-state index in [4.69, 9.17) is 4.74 Å². The highest BCUT2D eigenvalue weighted by Gasteiger charge is 2.18. The van der Waals surface area contributed by atoms with Crippen molar-refractivity contribution in [1.82, 2.24) is 9.55 Å². The van der Waals surface area contributed by atoms with Crippen molar-refractivity contribution in [3.05, 3.63) is 81.7 Å². The van der Waals surface area contributed by atoms with Crippen LogP contribution in [0.1, 0.15) is 15.2 Å². The fourth-order valence-corrected chi connectivity index (χ4v) is 4.25. The molecular formula is C22H18N2O3S. The van der Waals surface area contributed by atoms with E-state index >= 15 is 0 Å². The first kappa shape index (κ1) is 18.1. The molecule has 2 aromatic heterocycles. The summed E-state index contributed by atoms with van der Waals surface area (Å²) in [7, 11) is 1.55. The molecule has 5 nitrogen and oxygen atoms in total. The number of benzene rings is 2. The van der Waals surface area contributed by atoms with Crippen molar-refractivity contribution in [2.75, 3.05) is 7.11 Å². The lowest BCUT2D eigenvalue weighted by Crippen LogP contribution is -2.24. The van der Waals surface area contributed by atoms with E-state index in [1.54, 1.807) is 31.4 Å². The average molecular weight is 390 g/mol. The van der Waals surface area contributed by atoms with Crippen molar-refractivity contribution in [2.24, 2.45) is 0 Å². The van der Waals surface area contributed by atoms with Crippen LogP contribution in [0.4, 0.5) is 0 Å². The molecule has 140 valence electrons. The number of fused-ring (bicyclic) bond motifs is 1. The van der Waals surface area contributed by atoms with E-state index in [2.05, 4.69) is 4.98 Å². The lowest BCUT2D eigenvalue weighted by atomic mass is 10.0. The summed E-state index contributed by atoms with van der Waals surface area (Å²) in [4.78, 5) is 32.0. The highest BCUT2D eigenvalue weighted by atomic mass is 32.1. The number of rotatable bonds is 5. The Morgan fingerprint density at radius 3 is 2.68 bits per heavy atom. The van der Waals surface area contributed by atoms with Gasteiger partial charge in [-0.1, -0.05) is 42.5 Å². The first-order valence-electron chi connectivity index (χ1n) is 8.79. The maximum Gasteiger partial charge on any atom is 0.263 e. The van der Waals surface area contributed by atoms with Gasteiger partial charge in [-0.2, -0.15) is 0 Å². The summed E-state index contributed by atoms with van der Waals surface area (Å²) in [5.41, 5.74) is 2.16. The Labute approximate surface area is 165 Å². The van der Waals surface area contributed by atoms with Gasteiger partial charge < -0.3 is 4.74 Å². The molecule has 0 spiro atoms. The van der Waals surface area contributed by atoms with E-state index in [1.807, 2.05) is 37.3 Å². The van der Waals surface area contributed by atoms with Crippen LogP contribution < -0.4 is 10.3 Å². The third-order valence-corrected chi connectivity index (χ3v) is 5.64. The van der Waals surface area contributed by atoms with Gasteiger partial charge in [-0.25, -0.2) is 4.98 Å². The van der Waals surface area contributed by atoms with Gasteiger partial charge in [0, 0.05) is 16.0 Å². The Morgan fingerprint density at radius 1 is 1.14 bits per heavy atom. The summed E-state index contributed by atoms with van der Waals surface area (Å²) < 4.78 is 6.55. The zero-order chi connectivity index (χ0) is 19.7. The van der Waals surface area contributed by atoms with Crippen molar-refractivity contribution in [3.63, 3.8) is 0 Å². The predicted molar refractivity (Wildman–Crippen MR) is 111 cm³/mol. The number of carbonyl (C=O) groups is 1. The van der Waals surface area contributed by atoms with E-state index < -0.39 is 0 Å². The summed E-state index contributed by atoms with van der Waals surface area (Å²) >= 11 is 1.49. The molecule has 0 aliphatic heterocycles. The van der Waals surface area contributed by atoms with Crippen LogP contribution in [0.5, 0.6) is 5.75 Å². The van der Waals surface area contributed by atoms with Crippen LogP contribution in [0.2, 0.25) is 0 Å². The summed E-state index contributed by atoms with van der Waals surface area (Å²) in [6, 6.07) is 16.7. The van der Waals surface area contributed by atoms with E-state index in [0.717, 1.165) is 16.0 Å². The van der Waals surface area contributed by atoms with Gasteiger partial charge in [0.25, 0.3) is 5.56 Å². The zero-order valence-corrected chi connectivity index (χ0v) is 16.3. The van der Waals surface area contributed by atoms with Crippen molar-refractivity contribution in [3.8, 4) is 16.9 Å². The maximum absolute atomic E-state index is 13.2. The van der Waals surface area contributed by atoms with Crippen molar-refractivity contribution in [1.29, 1.82) is 0 Å². The van der Waals surface area contributed by atoms with Gasteiger partial charge >= 0.3 is 0 Å². The highest BCUT2D eigenvalue weighted by Crippen LogP contribution is 2.35. The summed E-state index contributed by atoms with van der Waals surface area (Å²) in [6.45, 7) is 1.91. The van der Waals surface area contributed by atoms with Gasteiger partial charge in [0.15, 0.2) is 5.78 Å². The van der Waals surface area contributed by atoms with E-state index in [0.29, 0.717) is 21.5 Å². The van der Waals surface area contributed by atoms with Crippen molar-refractivity contribution < 1.29 is 9.53 Å². The van der Waals surface area contributed by atoms with Gasteiger partial charge in [0.05, 0.1) is 25.4 Å². The van der Waals surface area contributed by atoms with Crippen molar-refractivity contribution >= 4 is 27.3 Å². The molecule has 28 heavy (non-hydrogen) atoms. The number of aromatic nitrogens is 2. The molecule has 2 heterocycles. The number of ketones is 1. The number of ether oxygens (including phenoxy) is 1. The molecule has 6 heteroatoms. The molecule has 0 bridgehead atoms. The van der Waals surface area contributed by atoms with E-state index in [9.17, 15) is 9.59 Å². The molecule has 0 unspecified atom stereocenters. The Bertz CT molecular complexity index is 1230. The van der Waals surface area contributed by atoms with Gasteiger partial charge in [0.2, 0.25) is 0 Å². The quantitative estimate of drug-likeness (QED) is 0.476. The minimum atomic E-state index is -0.204. The normalized spacial score (nSPS) is 10.9. The molecular weight excluding hydrogens is 372 g/mol. The fraction of sp³-hybridized carbons (Fsp3) is 0.136. The second kappa shape index (κ2) is 7.40. The largest absolute Gasteiger partial charge is 0.497 e. The van der Waals surface area contributed by atoms with Crippen molar-refractivity contribution in [2.45, 2.75) is 13.5 Å². The van der Waals surface area contributed by atoms with Crippen LogP contribution in [0.15, 0.2) is 65.7 Å². The molecule has 0 N–H and O–H groups in total. The molecule has 0 amide bonds. The summed E-state index contributed by atoms with van der Waals surface area (Å²) in [5, 5.41) is 0.564. The zero-order valence-electron chi connectivity index (χ0n) is 15.5. The number of nitrogens with zero attached hydrogens (tertiary/aromatic N) is 2. The standard InChI is InChI=1S/C22H18N2O3S/c1-14-19(15-7-4-3-5-8-15)20-21(28-14)23-13-24(22(20)26)12-18(25)16-9-6-10-17(11-16)27-2/h3-11,13H,12H2,1-2H3. The third kappa shape index (κ3) is 3.23. The number of hydrogen-bond donors (Lipinski definition) is 0. The van der Waals surface area contributed by atoms with Crippen LogP contribution in [0.25, 0.3) is 21.3 Å². The molecule has 4 rings (SSSR count). The molecule has 0 aliphatic carbocycles. The number of aryl methyl sites for hydroxylation is 1. The van der Waals surface area contributed by atoms with Crippen LogP contribution in [-0.2, 0) is 6.54 Å². The lowest BCUT2D eigenvalue weighted by Gasteiger charge is -2.07. The third-order valence-electron chi connectivity index (χ3n) is 4.62. The number of thiophene rings is 1. The predicted octanol–water partition coefficient (Wildman–Crippen LogP) is 4.32. The van der Waals surface area contributed by atoms with E-state index in [1.165, 1.54) is 22.2 Å². The maximum atomic E-state index is 13.2. The molecule has 0 saturated heterocycles. The SMILES string of the molecule is COc1cccc(C(=O)Cn2cnc3sc(C)c(-c4ccccc4)c3c2=O)c1. The van der Waals surface area contributed by atoms with Gasteiger partial charge in [-0.15, -0.1) is 11.3 Å². The summed E-state index contributed by atoms with van der Waals surface area (Å²) in [5.74, 6) is 0.432. The van der Waals surface area contributed by atoms with Gasteiger partial charge in [-0.05, 0) is 24.6 Å². The van der Waals surface area contributed by atoms with Crippen LogP contribution >= 0.6 is 11.3 Å². The molecule has 0 atom stereocenters. The lowest BCUT2D eigenvalue weighted by molar-refractivity contribution is 0.0970. The topological polar surface area (TPSA) is 61.2 Å². The number of hydrogen-bond acceptors (Lipinski definition) is 5. The molecule has 4 aromatic rings. The van der Waals surface area contributed by atoms with E-state index in [-0.39, 0.29) is 17.9 Å². The molecule has 0 fully saturated rings. The van der Waals surface area contributed by atoms with Gasteiger partial charge in [0.1, 0.15) is 10.6 Å². The average Bonchev–Trinajstić information content (AvgIpc) is 3.07. The second-order valence-corrected chi connectivity index (χ2v) is 7.62. The number of methoxy groups -OCH3 is 1. The van der Waals surface area contributed by atoms with Gasteiger partial charge in [-0.3, -0.25) is 14.2 Å². The molecule has 2 aromatic carbocycles. The minimum Gasteiger partial charge on any atom is -0.497 e. The Balaban J connectivity index is 1.78. The highest BCUT2D eigenvalue weighted by molar-refractivity contribution is 7.19. The first-order chi connectivity index (χ1) is 13.6. The molecule has 0 saturated carbocycles. The number of carbonyl (C=O) groups excluding carboxylic acids is 1.